The molecule has 1 aromatic carbocycles. The molecule has 0 bridgehead atoms. The summed E-state index contributed by atoms with van der Waals surface area (Å²) in [6.07, 6.45) is 5.11. The Morgan fingerprint density at radius 1 is 1.44 bits per heavy atom. The first kappa shape index (κ1) is 11.5. The molecular formula is C15H17FN2. The molecule has 0 fully saturated rings. The molecule has 0 N–H and O–H groups in total. The molecule has 1 aromatic heterocycles. The number of hydrogen-bond acceptors (Lipinski definition) is 1. The minimum absolute atomic E-state index is 0.176. The van der Waals surface area contributed by atoms with Gasteiger partial charge in [-0.3, -0.25) is 0 Å². The van der Waals surface area contributed by atoms with Crippen LogP contribution in [0.3, 0.4) is 0 Å². The third-order valence-electron chi connectivity index (χ3n) is 3.55. The van der Waals surface area contributed by atoms with Gasteiger partial charge in [-0.05, 0) is 30.0 Å². The Hall–Kier alpha value is -1.64. The first-order valence-electron chi connectivity index (χ1n) is 6.50. The SMILES string of the molecule is CC1CCc2nc(Cc3cccc(F)c3)cn2C1. The van der Waals surface area contributed by atoms with Gasteiger partial charge in [0, 0.05) is 25.6 Å². The molecule has 1 aliphatic heterocycles. The summed E-state index contributed by atoms with van der Waals surface area (Å²) < 4.78 is 15.4. The molecule has 18 heavy (non-hydrogen) atoms. The topological polar surface area (TPSA) is 17.8 Å². The predicted molar refractivity (Wildman–Crippen MR) is 68.9 cm³/mol. The molecule has 2 nitrogen and oxygen atoms in total. The van der Waals surface area contributed by atoms with Gasteiger partial charge in [-0.2, -0.15) is 0 Å². The Bertz CT molecular complexity index is 559. The second-order valence-corrected chi connectivity index (χ2v) is 5.25. The van der Waals surface area contributed by atoms with E-state index in [-0.39, 0.29) is 5.82 Å². The van der Waals surface area contributed by atoms with Crippen LogP contribution in [0.1, 0.15) is 30.4 Å². The number of hydrogen-bond donors (Lipinski definition) is 0. The molecule has 3 rings (SSSR count). The van der Waals surface area contributed by atoms with E-state index in [1.54, 1.807) is 12.1 Å². The highest BCUT2D eigenvalue weighted by Gasteiger charge is 2.17. The summed E-state index contributed by atoms with van der Waals surface area (Å²) in [5.74, 6) is 1.73. The van der Waals surface area contributed by atoms with E-state index in [0.29, 0.717) is 6.42 Å². The van der Waals surface area contributed by atoms with Crippen molar-refractivity contribution in [3.8, 4) is 0 Å². The summed E-state index contributed by atoms with van der Waals surface area (Å²) >= 11 is 0. The van der Waals surface area contributed by atoms with Crippen LogP contribution >= 0.6 is 0 Å². The summed E-state index contributed by atoms with van der Waals surface area (Å²) in [5.41, 5.74) is 2.03. The molecule has 0 radical (unpaired) electrons. The fourth-order valence-corrected chi connectivity index (χ4v) is 2.61. The van der Waals surface area contributed by atoms with Crippen LogP contribution in [0.25, 0.3) is 0 Å². The summed E-state index contributed by atoms with van der Waals surface area (Å²) in [6, 6.07) is 6.76. The minimum Gasteiger partial charge on any atom is -0.334 e. The largest absolute Gasteiger partial charge is 0.334 e. The third-order valence-corrected chi connectivity index (χ3v) is 3.55. The first-order chi connectivity index (χ1) is 8.70. The van der Waals surface area contributed by atoms with Crippen LogP contribution < -0.4 is 0 Å². The first-order valence-corrected chi connectivity index (χ1v) is 6.50. The van der Waals surface area contributed by atoms with Gasteiger partial charge in [0.1, 0.15) is 11.6 Å². The van der Waals surface area contributed by atoms with Crippen molar-refractivity contribution in [1.29, 1.82) is 0 Å². The molecule has 1 aliphatic rings. The van der Waals surface area contributed by atoms with Gasteiger partial charge >= 0.3 is 0 Å². The molecule has 2 heterocycles. The van der Waals surface area contributed by atoms with Crippen molar-refractivity contribution in [2.24, 2.45) is 5.92 Å². The number of imidazole rings is 1. The van der Waals surface area contributed by atoms with Crippen LogP contribution in [0, 0.1) is 11.7 Å². The van der Waals surface area contributed by atoms with Gasteiger partial charge in [0.15, 0.2) is 0 Å². The lowest BCUT2D eigenvalue weighted by Gasteiger charge is -2.19. The minimum atomic E-state index is -0.176. The van der Waals surface area contributed by atoms with Crippen molar-refractivity contribution in [3.05, 3.63) is 53.4 Å². The van der Waals surface area contributed by atoms with Crippen LogP contribution in [0.5, 0.6) is 0 Å². The zero-order valence-corrected chi connectivity index (χ0v) is 10.6. The van der Waals surface area contributed by atoms with Crippen LogP contribution in [-0.4, -0.2) is 9.55 Å². The molecule has 3 heteroatoms. The summed E-state index contributed by atoms with van der Waals surface area (Å²) in [4.78, 5) is 4.65. The Morgan fingerprint density at radius 3 is 3.17 bits per heavy atom. The quantitative estimate of drug-likeness (QED) is 0.793. The molecule has 1 atom stereocenters. The Kier molecular flexibility index (Phi) is 2.90. The maximum Gasteiger partial charge on any atom is 0.123 e. The van der Waals surface area contributed by atoms with Crippen LogP contribution in [0.4, 0.5) is 4.39 Å². The average molecular weight is 244 g/mol. The highest BCUT2D eigenvalue weighted by molar-refractivity contribution is 5.22. The molecule has 0 saturated heterocycles. The highest BCUT2D eigenvalue weighted by atomic mass is 19.1. The molecule has 0 spiro atoms. The van der Waals surface area contributed by atoms with Crippen LogP contribution in [0.15, 0.2) is 30.5 Å². The number of aromatic nitrogens is 2. The predicted octanol–water partition coefficient (Wildman–Crippen LogP) is 3.20. The fourth-order valence-electron chi connectivity index (χ4n) is 2.61. The van der Waals surface area contributed by atoms with Gasteiger partial charge < -0.3 is 4.57 Å². The lowest BCUT2D eigenvalue weighted by Crippen LogP contribution is -2.17. The van der Waals surface area contributed by atoms with Crippen LogP contribution in [0.2, 0.25) is 0 Å². The second kappa shape index (κ2) is 4.56. The van der Waals surface area contributed by atoms with Gasteiger partial charge in [0.25, 0.3) is 0 Å². The van der Waals surface area contributed by atoms with Crippen molar-refractivity contribution >= 4 is 0 Å². The van der Waals surface area contributed by atoms with Crippen molar-refractivity contribution in [3.63, 3.8) is 0 Å². The summed E-state index contributed by atoms with van der Waals surface area (Å²) in [6.45, 7) is 3.33. The van der Waals surface area contributed by atoms with E-state index in [2.05, 4.69) is 22.7 Å². The third kappa shape index (κ3) is 2.30. The normalized spacial score (nSPS) is 18.7. The van der Waals surface area contributed by atoms with Gasteiger partial charge in [-0.25, -0.2) is 9.37 Å². The van der Waals surface area contributed by atoms with E-state index in [4.69, 9.17) is 0 Å². The van der Waals surface area contributed by atoms with Gasteiger partial charge in [0.05, 0.1) is 5.69 Å². The maximum atomic E-state index is 13.1. The number of benzene rings is 1. The average Bonchev–Trinajstić information content (AvgIpc) is 2.70. The fraction of sp³-hybridized carbons (Fsp3) is 0.400. The van der Waals surface area contributed by atoms with Crippen molar-refractivity contribution in [2.45, 2.75) is 32.7 Å². The lowest BCUT2D eigenvalue weighted by atomic mass is 10.0. The van der Waals surface area contributed by atoms with Gasteiger partial charge in [-0.15, -0.1) is 0 Å². The van der Waals surface area contributed by atoms with Crippen molar-refractivity contribution < 1.29 is 4.39 Å². The summed E-state index contributed by atoms with van der Waals surface area (Å²) in [7, 11) is 0. The van der Waals surface area contributed by atoms with Gasteiger partial charge in [-0.1, -0.05) is 19.1 Å². The zero-order chi connectivity index (χ0) is 12.5. The smallest absolute Gasteiger partial charge is 0.123 e. The molecule has 1 unspecified atom stereocenters. The number of aryl methyl sites for hydroxylation is 1. The molecule has 0 saturated carbocycles. The highest BCUT2D eigenvalue weighted by Crippen LogP contribution is 2.20. The van der Waals surface area contributed by atoms with Crippen molar-refractivity contribution in [2.75, 3.05) is 0 Å². The number of nitrogens with zero attached hydrogens (tertiary/aromatic N) is 2. The van der Waals surface area contributed by atoms with E-state index in [1.165, 1.54) is 18.3 Å². The number of fused-ring (bicyclic) bond motifs is 1. The zero-order valence-electron chi connectivity index (χ0n) is 10.6. The van der Waals surface area contributed by atoms with E-state index in [1.807, 2.05) is 6.07 Å². The van der Waals surface area contributed by atoms with E-state index in [9.17, 15) is 4.39 Å². The van der Waals surface area contributed by atoms with Crippen LogP contribution in [-0.2, 0) is 19.4 Å². The second-order valence-electron chi connectivity index (χ2n) is 5.25. The number of rotatable bonds is 2. The van der Waals surface area contributed by atoms with E-state index >= 15 is 0 Å². The number of halogens is 1. The lowest BCUT2D eigenvalue weighted by molar-refractivity contribution is 0.394. The molecule has 0 amide bonds. The van der Waals surface area contributed by atoms with E-state index < -0.39 is 0 Å². The van der Waals surface area contributed by atoms with Gasteiger partial charge in [0.2, 0.25) is 0 Å². The Labute approximate surface area is 106 Å². The molecular weight excluding hydrogens is 227 g/mol. The Balaban J connectivity index is 1.82. The maximum absolute atomic E-state index is 13.1. The summed E-state index contributed by atoms with van der Waals surface area (Å²) in [5, 5.41) is 0. The molecule has 2 aromatic rings. The van der Waals surface area contributed by atoms with Crippen molar-refractivity contribution in [1.82, 2.24) is 9.55 Å². The molecule has 94 valence electrons. The monoisotopic (exact) mass is 244 g/mol. The molecule has 0 aliphatic carbocycles. The van der Waals surface area contributed by atoms with E-state index in [0.717, 1.165) is 30.1 Å². The standard InChI is InChI=1S/C15H17FN2/c1-11-5-6-15-17-14(10-18(15)9-11)8-12-3-2-4-13(16)7-12/h2-4,7,10-11H,5-6,8-9H2,1H3. The Morgan fingerprint density at radius 2 is 2.33 bits per heavy atom.